The van der Waals surface area contributed by atoms with Gasteiger partial charge in [-0.25, -0.2) is 0 Å². The molecule has 3 nitrogen and oxygen atoms in total. The Kier molecular flexibility index (Phi) is 4.69. The van der Waals surface area contributed by atoms with E-state index >= 15 is 0 Å². The lowest BCUT2D eigenvalue weighted by atomic mass is 10.1. The first kappa shape index (κ1) is 12.0. The van der Waals surface area contributed by atoms with Gasteiger partial charge in [-0.05, 0) is 56.0 Å². The molecule has 2 rings (SSSR count). The van der Waals surface area contributed by atoms with Gasteiger partial charge in [0.25, 0.3) is 0 Å². The molecule has 4 heteroatoms. The lowest BCUT2D eigenvalue weighted by Crippen LogP contribution is -2.25. The summed E-state index contributed by atoms with van der Waals surface area (Å²) in [6.45, 7) is 2.63. The van der Waals surface area contributed by atoms with Crippen molar-refractivity contribution in [2.24, 2.45) is 0 Å². The monoisotopic (exact) mass is 243 g/mol. The molecule has 0 saturated carbocycles. The molecule has 1 aromatic heterocycles. The van der Waals surface area contributed by atoms with Crippen LogP contribution >= 0.6 is 11.6 Å². The summed E-state index contributed by atoms with van der Waals surface area (Å²) in [5.41, 5.74) is 0. The van der Waals surface area contributed by atoms with Crippen molar-refractivity contribution in [2.45, 2.75) is 38.3 Å². The van der Waals surface area contributed by atoms with Crippen molar-refractivity contribution in [1.82, 2.24) is 5.32 Å². The summed E-state index contributed by atoms with van der Waals surface area (Å²) >= 11 is 5.68. The molecular formula is C12H18ClNO2. The second-order valence-corrected chi connectivity index (χ2v) is 4.53. The maximum absolute atomic E-state index is 5.68. The molecule has 0 radical (unpaired) electrons. The molecule has 0 aliphatic carbocycles. The summed E-state index contributed by atoms with van der Waals surface area (Å²) in [4.78, 5) is 0. The summed E-state index contributed by atoms with van der Waals surface area (Å²) in [5.74, 6) is 0.884. The topological polar surface area (TPSA) is 34.4 Å². The Morgan fingerprint density at radius 2 is 2.31 bits per heavy atom. The van der Waals surface area contributed by atoms with E-state index in [1.807, 2.05) is 6.07 Å². The summed E-state index contributed by atoms with van der Waals surface area (Å²) in [6.07, 6.45) is 5.25. The van der Waals surface area contributed by atoms with Crippen molar-refractivity contribution in [3.63, 3.8) is 0 Å². The highest BCUT2D eigenvalue weighted by molar-refractivity contribution is 6.28. The van der Waals surface area contributed by atoms with Gasteiger partial charge in [0.2, 0.25) is 0 Å². The molecule has 0 aromatic carbocycles. The molecule has 0 spiro atoms. The molecule has 1 aromatic rings. The van der Waals surface area contributed by atoms with Crippen LogP contribution in [0.2, 0.25) is 5.22 Å². The fourth-order valence-electron chi connectivity index (χ4n) is 1.96. The third-order valence-corrected chi connectivity index (χ3v) is 3.05. The van der Waals surface area contributed by atoms with Crippen LogP contribution in [0.3, 0.4) is 0 Å². The average Bonchev–Trinajstić information content (AvgIpc) is 2.72. The van der Waals surface area contributed by atoms with Gasteiger partial charge in [-0.2, -0.15) is 0 Å². The van der Waals surface area contributed by atoms with Crippen molar-refractivity contribution in [3.8, 4) is 0 Å². The highest BCUT2D eigenvalue weighted by atomic mass is 35.5. The number of hydrogen-bond donors (Lipinski definition) is 1. The fourth-order valence-corrected chi connectivity index (χ4v) is 2.12. The maximum Gasteiger partial charge on any atom is 0.193 e. The van der Waals surface area contributed by atoms with Crippen molar-refractivity contribution in [1.29, 1.82) is 0 Å². The minimum Gasteiger partial charge on any atom is -0.448 e. The van der Waals surface area contributed by atoms with E-state index in [-0.39, 0.29) is 0 Å². The van der Waals surface area contributed by atoms with Gasteiger partial charge in [0.05, 0.1) is 12.6 Å². The molecule has 0 amide bonds. The van der Waals surface area contributed by atoms with Crippen molar-refractivity contribution < 1.29 is 9.15 Å². The minimum atomic E-state index is 0.446. The predicted octanol–water partition coefficient (Wildman–Crippen LogP) is 2.98. The van der Waals surface area contributed by atoms with Crippen LogP contribution in [0.1, 0.15) is 31.4 Å². The summed E-state index contributed by atoms with van der Waals surface area (Å²) in [6, 6.07) is 3.66. The molecule has 1 saturated heterocycles. The Balaban J connectivity index is 1.57. The molecule has 2 heterocycles. The summed E-state index contributed by atoms with van der Waals surface area (Å²) in [5, 5.41) is 3.78. The molecule has 1 unspecified atom stereocenters. The SMILES string of the molecule is Clc1ccc(CNCCC2CCCCO2)o1. The van der Waals surface area contributed by atoms with Gasteiger partial charge in [-0.1, -0.05) is 0 Å². The molecule has 1 fully saturated rings. The Morgan fingerprint density at radius 1 is 1.38 bits per heavy atom. The number of rotatable bonds is 5. The Bertz CT molecular complexity index is 308. The number of ether oxygens (including phenoxy) is 1. The van der Waals surface area contributed by atoms with Crippen LogP contribution in [0.15, 0.2) is 16.5 Å². The minimum absolute atomic E-state index is 0.446. The van der Waals surface area contributed by atoms with Crippen LogP contribution in [0.25, 0.3) is 0 Å². The normalized spacial score (nSPS) is 21.2. The van der Waals surface area contributed by atoms with E-state index in [1.54, 1.807) is 6.07 Å². The van der Waals surface area contributed by atoms with E-state index in [9.17, 15) is 0 Å². The standard InChI is InChI=1S/C12H18ClNO2/c13-12-5-4-11(16-12)9-14-7-6-10-3-1-2-8-15-10/h4-5,10,14H,1-3,6-9H2. The maximum atomic E-state index is 5.68. The first-order chi connectivity index (χ1) is 7.84. The summed E-state index contributed by atoms with van der Waals surface area (Å²) in [7, 11) is 0. The second-order valence-electron chi connectivity index (χ2n) is 4.16. The highest BCUT2D eigenvalue weighted by Crippen LogP contribution is 2.15. The van der Waals surface area contributed by atoms with Crippen molar-refractivity contribution in [3.05, 3.63) is 23.1 Å². The lowest BCUT2D eigenvalue weighted by Gasteiger charge is -2.22. The van der Waals surface area contributed by atoms with Crippen LogP contribution in [0, 0.1) is 0 Å². The molecule has 90 valence electrons. The van der Waals surface area contributed by atoms with Gasteiger partial charge in [-0.3, -0.25) is 0 Å². The van der Waals surface area contributed by atoms with Gasteiger partial charge in [-0.15, -0.1) is 0 Å². The largest absolute Gasteiger partial charge is 0.448 e. The van der Waals surface area contributed by atoms with E-state index in [4.69, 9.17) is 20.8 Å². The molecule has 1 aliphatic rings. The molecular weight excluding hydrogens is 226 g/mol. The van der Waals surface area contributed by atoms with Crippen LogP contribution in [-0.2, 0) is 11.3 Å². The Hall–Kier alpha value is -0.510. The summed E-state index contributed by atoms with van der Waals surface area (Å²) < 4.78 is 10.9. The predicted molar refractivity (Wildman–Crippen MR) is 63.6 cm³/mol. The smallest absolute Gasteiger partial charge is 0.193 e. The van der Waals surface area contributed by atoms with E-state index in [1.165, 1.54) is 19.3 Å². The zero-order valence-electron chi connectivity index (χ0n) is 9.38. The van der Waals surface area contributed by atoms with Crippen LogP contribution in [0.4, 0.5) is 0 Å². The van der Waals surface area contributed by atoms with E-state index in [0.29, 0.717) is 11.3 Å². The number of hydrogen-bond acceptors (Lipinski definition) is 3. The van der Waals surface area contributed by atoms with Crippen molar-refractivity contribution >= 4 is 11.6 Å². The first-order valence-corrected chi connectivity index (χ1v) is 6.29. The molecule has 1 aliphatic heterocycles. The third kappa shape index (κ3) is 3.81. The molecule has 16 heavy (non-hydrogen) atoms. The van der Waals surface area contributed by atoms with E-state index in [0.717, 1.165) is 31.9 Å². The zero-order valence-corrected chi connectivity index (χ0v) is 10.1. The fraction of sp³-hybridized carbons (Fsp3) is 0.667. The number of nitrogens with one attached hydrogen (secondary N) is 1. The molecule has 0 bridgehead atoms. The quantitative estimate of drug-likeness (QED) is 0.808. The van der Waals surface area contributed by atoms with Crippen LogP contribution in [0.5, 0.6) is 0 Å². The highest BCUT2D eigenvalue weighted by Gasteiger charge is 2.12. The van der Waals surface area contributed by atoms with Gasteiger partial charge in [0.1, 0.15) is 5.76 Å². The van der Waals surface area contributed by atoms with Gasteiger partial charge < -0.3 is 14.5 Å². The third-order valence-electron chi connectivity index (χ3n) is 2.85. The molecule has 1 N–H and O–H groups in total. The van der Waals surface area contributed by atoms with E-state index in [2.05, 4.69) is 5.32 Å². The van der Waals surface area contributed by atoms with Crippen molar-refractivity contribution in [2.75, 3.05) is 13.2 Å². The first-order valence-electron chi connectivity index (χ1n) is 5.91. The average molecular weight is 244 g/mol. The van der Waals surface area contributed by atoms with Crippen LogP contribution in [-0.4, -0.2) is 19.3 Å². The Labute approximate surface area is 101 Å². The van der Waals surface area contributed by atoms with E-state index < -0.39 is 0 Å². The number of furan rings is 1. The van der Waals surface area contributed by atoms with Gasteiger partial charge in [0, 0.05) is 6.61 Å². The van der Waals surface area contributed by atoms with Crippen LogP contribution < -0.4 is 5.32 Å². The zero-order chi connectivity index (χ0) is 11.2. The second kappa shape index (κ2) is 6.28. The Morgan fingerprint density at radius 3 is 3.00 bits per heavy atom. The van der Waals surface area contributed by atoms with Gasteiger partial charge in [0.15, 0.2) is 5.22 Å². The molecule has 1 atom stereocenters. The number of halogens is 1. The van der Waals surface area contributed by atoms with Gasteiger partial charge >= 0.3 is 0 Å². The lowest BCUT2D eigenvalue weighted by molar-refractivity contribution is 0.0115.